The fourth-order valence-electron chi connectivity index (χ4n) is 4.22. The minimum atomic E-state index is -0.806. The van der Waals surface area contributed by atoms with E-state index < -0.39 is 5.54 Å². The van der Waals surface area contributed by atoms with Gasteiger partial charge in [-0.3, -0.25) is 14.7 Å². The number of urea groups is 1. The number of aryl methyl sites for hydroxylation is 1. The summed E-state index contributed by atoms with van der Waals surface area (Å²) in [7, 11) is 0. The van der Waals surface area contributed by atoms with Gasteiger partial charge in [0.05, 0.1) is 12.1 Å². The van der Waals surface area contributed by atoms with Crippen LogP contribution in [0.4, 0.5) is 4.79 Å². The molecule has 1 aromatic carbocycles. The van der Waals surface area contributed by atoms with Gasteiger partial charge in [0.1, 0.15) is 5.54 Å². The van der Waals surface area contributed by atoms with Crippen molar-refractivity contribution in [1.29, 1.82) is 0 Å². The van der Waals surface area contributed by atoms with Crippen molar-refractivity contribution in [3.8, 4) is 0 Å². The predicted octanol–water partition coefficient (Wildman–Crippen LogP) is 2.57. The number of piperidine rings is 1. The maximum atomic E-state index is 13.5. The molecule has 0 spiro atoms. The molecule has 0 saturated carbocycles. The molecule has 3 heterocycles. The molecule has 3 amide bonds. The van der Waals surface area contributed by atoms with Crippen LogP contribution in [0, 0.1) is 5.92 Å². The second kappa shape index (κ2) is 7.78. The van der Waals surface area contributed by atoms with Crippen LogP contribution >= 0.6 is 11.3 Å². The number of nitrogens with one attached hydrogen (secondary N) is 2. The summed E-state index contributed by atoms with van der Waals surface area (Å²) in [5, 5.41) is 6.47. The summed E-state index contributed by atoms with van der Waals surface area (Å²) in [6.45, 7) is 2.07. The molecule has 2 saturated heterocycles. The summed E-state index contributed by atoms with van der Waals surface area (Å²) >= 11 is 1.46. The third-order valence-electron chi connectivity index (χ3n) is 5.69. The fraction of sp³-hybridized carbons (Fsp3) is 0.450. The normalized spacial score (nSPS) is 23.6. The zero-order valence-corrected chi connectivity index (χ0v) is 16.0. The van der Waals surface area contributed by atoms with Gasteiger partial charge in [-0.15, -0.1) is 11.3 Å². The van der Waals surface area contributed by atoms with Crippen LogP contribution in [0.3, 0.4) is 0 Å². The Hall–Kier alpha value is -2.25. The van der Waals surface area contributed by atoms with Crippen LogP contribution in [0.5, 0.6) is 0 Å². The molecule has 2 fully saturated rings. The van der Waals surface area contributed by atoms with E-state index in [1.165, 1.54) is 21.8 Å². The average Bonchev–Trinajstić information content (AvgIpc) is 3.31. The van der Waals surface area contributed by atoms with Gasteiger partial charge in [0.25, 0.3) is 5.91 Å². The van der Waals surface area contributed by atoms with Crippen molar-refractivity contribution in [1.82, 2.24) is 20.5 Å². The van der Waals surface area contributed by atoms with E-state index in [2.05, 4.69) is 27.8 Å². The predicted molar refractivity (Wildman–Crippen MR) is 104 cm³/mol. The van der Waals surface area contributed by atoms with Crippen LogP contribution in [-0.4, -0.2) is 40.5 Å². The van der Waals surface area contributed by atoms with Crippen molar-refractivity contribution in [2.24, 2.45) is 5.92 Å². The third kappa shape index (κ3) is 3.61. The molecule has 4 rings (SSSR count). The van der Waals surface area contributed by atoms with E-state index in [1.54, 1.807) is 11.7 Å². The Balaban J connectivity index is 1.59. The lowest BCUT2D eigenvalue weighted by Gasteiger charge is -2.38. The number of imide groups is 1. The zero-order chi connectivity index (χ0) is 18.7. The van der Waals surface area contributed by atoms with Gasteiger partial charge >= 0.3 is 6.03 Å². The number of rotatable bonds is 6. The van der Waals surface area contributed by atoms with Crippen LogP contribution in [0.25, 0.3) is 0 Å². The molecule has 0 aliphatic carbocycles. The molecule has 2 N–H and O–H groups in total. The molecular weight excluding hydrogens is 360 g/mol. The minimum Gasteiger partial charge on any atom is -0.323 e. The lowest BCUT2D eigenvalue weighted by Crippen LogP contribution is -2.56. The van der Waals surface area contributed by atoms with Crippen molar-refractivity contribution in [3.05, 3.63) is 52.5 Å². The number of carbonyl (C=O) groups excluding carboxylic acids is 2. The van der Waals surface area contributed by atoms with E-state index in [0.717, 1.165) is 37.2 Å². The van der Waals surface area contributed by atoms with Crippen LogP contribution in [0.2, 0.25) is 0 Å². The summed E-state index contributed by atoms with van der Waals surface area (Å²) in [5.74, 6) is 0.0779. The minimum absolute atomic E-state index is 0.0799. The van der Waals surface area contributed by atoms with Crippen molar-refractivity contribution < 1.29 is 9.59 Å². The summed E-state index contributed by atoms with van der Waals surface area (Å²) in [5.41, 5.74) is 2.11. The SMILES string of the molecule is O=C1N[C@@](CCc2ccccc2)(C2CCNCC2)C(=O)N1Cc1cncs1. The molecule has 1 aromatic heterocycles. The van der Waals surface area contributed by atoms with Crippen LogP contribution in [-0.2, 0) is 17.8 Å². The van der Waals surface area contributed by atoms with Gasteiger partial charge in [0.2, 0.25) is 0 Å². The molecular formula is C20H24N4O2S. The third-order valence-corrected chi connectivity index (χ3v) is 6.45. The lowest BCUT2D eigenvalue weighted by atomic mass is 9.74. The molecule has 1 atom stereocenters. The molecule has 0 bridgehead atoms. The summed E-state index contributed by atoms with van der Waals surface area (Å²) in [6.07, 6.45) is 4.92. The zero-order valence-electron chi connectivity index (χ0n) is 15.2. The average molecular weight is 385 g/mol. The Morgan fingerprint density at radius 2 is 1.96 bits per heavy atom. The maximum Gasteiger partial charge on any atom is 0.325 e. The van der Waals surface area contributed by atoms with Gasteiger partial charge in [0, 0.05) is 11.1 Å². The first-order valence-corrected chi connectivity index (χ1v) is 10.3. The fourth-order valence-corrected chi connectivity index (χ4v) is 4.80. The van der Waals surface area contributed by atoms with Gasteiger partial charge in [-0.1, -0.05) is 30.3 Å². The van der Waals surface area contributed by atoms with E-state index >= 15 is 0 Å². The number of hydrogen-bond acceptors (Lipinski definition) is 5. The molecule has 6 nitrogen and oxygen atoms in total. The molecule has 0 radical (unpaired) electrons. The van der Waals surface area contributed by atoms with Crippen molar-refractivity contribution in [2.45, 2.75) is 37.8 Å². The summed E-state index contributed by atoms with van der Waals surface area (Å²) in [4.78, 5) is 32.6. The summed E-state index contributed by atoms with van der Waals surface area (Å²) in [6, 6.07) is 9.89. The Morgan fingerprint density at radius 1 is 1.19 bits per heavy atom. The topological polar surface area (TPSA) is 74.3 Å². The van der Waals surface area contributed by atoms with Gasteiger partial charge in [0.15, 0.2) is 0 Å². The maximum absolute atomic E-state index is 13.5. The number of nitrogens with zero attached hydrogens (tertiary/aromatic N) is 2. The number of thiazole rings is 1. The largest absolute Gasteiger partial charge is 0.325 e. The van der Waals surface area contributed by atoms with E-state index in [-0.39, 0.29) is 17.9 Å². The molecule has 2 aromatic rings. The number of benzene rings is 1. The van der Waals surface area contributed by atoms with Crippen molar-refractivity contribution >= 4 is 23.3 Å². The number of amides is 3. The Bertz CT molecular complexity index is 790. The highest BCUT2D eigenvalue weighted by Crippen LogP contribution is 2.36. The first-order valence-electron chi connectivity index (χ1n) is 9.45. The highest BCUT2D eigenvalue weighted by atomic mass is 32.1. The molecule has 27 heavy (non-hydrogen) atoms. The Morgan fingerprint density at radius 3 is 2.67 bits per heavy atom. The van der Waals surface area contributed by atoms with E-state index in [1.807, 2.05) is 18.2 Å². The highest BCUT2D eigenvalue weighted by Gasteiger charge is 2.55. The van der Waals surface area contributed by atoms with Gasteiger partial charge in [-0.25, -0.2) is 4.79 Å². The number of aromatic nitrogens is 1. The van der Waals surface area contributed by atoms with Crippen LogP contribution < -0.4 is 10.6 Å². The molecule has 2 aliphatic heterocycles. The monoisotopic (exact) mass is 384 g/mol. The first kappa shape index (κ1) is 18.1. The van der Waals surface area contributed by atoms with Crippen LogP contribution in [0.15, 0.2) is 42.0 Å². The summed E-state index contributed by atoms with van der Waals surface area (Å²) < 4.78 is 0. The standard InChI is InChI=1S/C20H24N4O2S/c25-18-20(16-7-10-21-11-8-16,9-6-15-4-2-1-3-5-15)23-19(26)24(18)13-17-12-22-14-27-17/h1-5,12,14,16,21H,6-11,13H2,(H,23,26)/t20-/m0/s1. The number of hydrogen-bond donors (Lipinski definition) is 2. The van der Waals surface area contributed by atoms with E-state index in [0.29, 0.717) is 13.0 Å². The molecule has 2 aliphatic rings. The van der Waals surface area contributed by atoms with Crippen LogP contribution in [0.1, 0.15) is 29.7 Å². The molecule has 0 unspecified atom stereocenters. The Labute approximate surface area is 163 Å². The van der Waals surface area contributed by atoms with Crippen molar-refractivity contribution in [2.75, 3.05) is 13.1 Å². The number of carbonyl (C=O) groups is 2. The second-order valence-corrected chi connectivity index (χ2v) is 8.24. The van der Waals surface area contributed by atoms with Gasteiger partial charge in [-0.2, -0.15) is 0 Å². The lowest BCUT2D eigenvalue weighted by molar-refractivity contribution is -0.134. The van der Waals surface area contributed by atoms with Crippen molar-refractivity contribution in [3.63, 3.8) is 0 Å². The van der Waals surface area contributed by atoms with E-state index in [4.69, 9.17) is 0 Å². The van der Waals surface area contributed by atoms with E-state index in [9.17, 15) is 9.59 Å². The Kier molecular flexibility index (Phi) is 5.22. The van der Waals surface area contributed by atoms with Gasteiger partial charge in [-0.05, 0) is 50.3 Å². The quantitative estimate of drug-likeness (QED) is 0.751. The second-order valence-electron chi connectivity index (χ2n) is 7.27. The molecule has 142 valence electrons. The smallest absolute Gasteiger partial charge is 0.323 e. The highest BCUT2D eigenvalue weighted by molar-refractivity contribution is 7.09. The molecule has 7 heteroatoms. The first-order chi connectivity index (χ1) is 13.2. The van der Waals surface area contributed by atoms with Gasteiger partial charge < -0.3 is 10.6 Å².